The zero-order valence-corrected chi connectivity index (χ0v) is 11.6. The Morgan fingerprint density at radius 1 is 1.07 bits per heavy atom. The van der Waals surface area contributed by atoms with Gasteiger partial charge in [-0.25, -0.2) is 0 Å². The van der Waals surface area contributed by atoms with Gasteiger partial charge in [0, 0.05) is 7.11 Å². The van der Waals surface area contributed by atoms with Gasteiger partial charge in [0.15, 0.2) is 0 Å². The van der Waals surface area contributed by atoms with Crippen LogP contribution in [0.25, 0.3) is 0 Å². The SMILES string of the molecule is COC(C)(C)CCC[NH+](CCCl)CCCl. The average molecular weight is 257 g/mol. The van der Waals surface area contributed by atoms with Gasteiger partial charge in [-0.1, -0.05) is 0 Å². The van der Waals surface area contributed by atoms with Crippen molar-refractivity contribution in [2.45, 2.75) is 32.3 Å². The molecule has 0 fully saturated rings. The van der Waals surface area contributed by atoms with E-state index in [1.807, 2.05) is 0 Å². The Balaban J connectivity index is 3.69. The van der Waals surface area contributed by atoms with Gasteiger partial charge in [0.05, 0.1) is 37.0 Å². The van der Waals surface area contributed by atoms with Crippen LogP contribution in [0.4, 0.5) is 0 Å². The second kappa shape index (κ2) is 8.63. The van der Waals surface area contributed by atoms with Crippen molar-refractivity contribution in [2.75, 3.05) is 38.5 Å². The first-order valence-corrected chi connectivity index (χ1v) is 6.63. The summed E-state index contributed by atoms with van der Waals surface area (Å²) in [6.07, 6.45) is 2.24. The van der Waals surface area contributed by atoms with E-state index in [1.54, 1.807) is 7.11 Å². The summed E-state index contributed by atoms with van der Waals surface area (Å²) in [4.78, 5) is 1.49. The predicted octanol–water partition coefficient (Wildman–Crippen LogP) is 1.55. The molecule has 0 aliphatic heterocycles. The molecule has 0 spiro atoms. The van der Waals surface area contributed by atoms with Crippen LogP contribution in [0.15, 0.2) is 0 Å². The van der Waals surface area contributed by atoms with Crippen molar-refractivity contribution >= 4 is 23.2 Å². The average Bonchev–Trinajstić information content (AvgIpc) is 2.18. The van der Waals surface area contributed by atoms with Gasteiger partial charge in [0.2, 0.25) is 0 Å². The summed E-state index contributed by atoms with van der Waals surface area (Å²) >= 11 is 11.5. The van der Waals surface area contributed by atoms with Gasteiger partial charge in [0.25, 0.3) is 0 Å². The molecule has 2 nitrogen and oxygen atoms in total. The summed E-state index contributed by atoms with van der Waals surface area (Å²) in [5.74, 6) is 1.42. The van der Waals surface area contributed by atoms with E-state index in [0.717, 1.165) is 32.5 Å². The van der Waals surface area contributed by atoms with Crippen molar-refractivity contribution in [1.29, 1.82) is 0 Å². The number of ether oxygens (including phenoxy) is 1. The molecule has 0 heterocycles. The number of quaternary nitrogens is 1. The van der Waals surface area contributed by atoms with Gasteiger partial charge >= 0.3 is 0 Å². The highest BCUT2D eigenvalue weighted by atomic mass is 35.5. The van der Waals surface area contributed by atoms with Crippen LogP contribution in [0.5, 0.6) is 0 Å². The first-order chi connectivity index (χ1) is 7.05. The first kappa shape index (κ1) is 15.5. The normalized spacial score (nSPS) is 12.4. The molecule has 0 atom stereocenters. The molecule has 15 heavy (non-hydrogen) atoms. The van der Waals surface area contributed by atoms with Crippen LogP contribution >= 0.6 is 23.2 Å². The molecule has 0 aliphatic carbocycles. The maximum absolute atomic E-state index is 5.74. The van der Waals surface area contributed by atoms with Crippen LogP contribution in [-0.4, -0.2) is 44.1 Å². The number of alkyl halides is 2. The van der Waals surface area contributed by atoms with Crippen molar-refractivity contribution in [2.24, 2.45) is 0 Å². The van der Waals surface area contributed by atoms with Crippen LogP contribution < -0.4 is 4.90 Å². The smallest absolute Gasteiger partial charge is 0.0908 e. The van der Waals surface area contributed by atoms with E-state index in [0.29, 0.717) is 11.8 Å². The fourth-order valence-electron chi connectivity index (χ4n) is 1.51. The zero-order valence-electron chi connectivity index (χ0n) is 10.1. The lowest BCUT2D eigenvalue weighted by Crippen LogP contribution is -3.12. The maximum atomic E-state index is 5.74. The van der Waals surface area contributed by atoms with E-state index >= 15 is 0 Å². The first-order valence-electron chi connectivity index (χ1n) is 5.56. The van der Waals surface area contributed by atoms with E-state index in [-0.39, 0.29) is 5.60 Å². The van der Waals surface area contributed by atoms with Crippen LogP contribution in [0.1, 0.15) is 26.7 Å². The van der Waals surface area contributed by atoms with Gasteiger partial charge in [-0.3, -0.25) is 0 Å². The summed E-state index contributed by atoms with van der Waals surface area (Å²) in [7, 11) is 1.77. The Morgan fingerprint density at radius 3 is 2.00 bits per heavy atom. The van der Waals surface area contributed by atoms with Crippen molar-refractivity contribution in [3.63, 3.8) is 0 Å². The third-order valence-corrected chi connectivity index (χ3v) is 3.14. The number of halogens is 2. The molecule has 0 saturated heterocycles. The zero-order chi connectivity index (χ0) is 11.7. The molecule has 0 amide bonds. The molecule has 92 valence electrons. The highest BCUT2D eigenvalue weighted by molar-refractivity contribution is 6.18. The Hall–Kier alpha value is 0.500. The molecule has 0 bridgehead atoms. The van der Waals surface area contributed by atoms with E-state index in [1.165, 1.54) is 4.90 Å². The lowest BCUT2D eigenvalue weighted by atomic mass is 10.0. The molecule has 0 rings (SSSR count). The number of hydrogen-bond donors (Lipinski definition) is 1. The highest BCUT2D eigenvalue weighted by Crippen LogP contribution is 2.13. The fourth-order valence-corrected chi connectivity index (χ4v) is 2.04. The topological polar surface area (TPSA) is 13.7 Å². The summed E-state index contributed by atoms with van der Waals surface area (Å²) in [6, 6.07) is 0. The van der Waals surface area contributed by atoms with E-state index in [4.69, 9.17) is 27.9 Å². The molecule has 0 unspecified atom stereocenters. The van der Waals surface area contributed by atoms with Crippen molar-refractivity contribution in [1.82, 2.24) is 0 Å². The maximum Gasteiger partial charge on any atom is 0.0908 e. The Labute approximate surface area is 104 Å². The van der Waals surface area contributed by atoms with E-state index < -0.39 is 0 Å². The minimum absolute atomic E-state index is 0.00691. The Bertz CT molecular complexity index is 148. The van der Waals surface area contributed by atoms with E-state index in [9.17, 15) is 0 Å². The van der Waals surface area contributed by atoms with Gasteiger partial charge < -0.3 is 9.64 Å². The summed E-state index contributed by atoms with van der Waals surface area (Å²) in [5.41, 5.74) is -0.00691. The van der Waals surface area contributed by atoms with Crippen LogP contribution in [0.3, 0.4) is 0 Å². The summed E-state index contributed by atoms with van der Waals surface area (Å²) < 4.78 is 5.38. The fraction of sp³-hybridized carbons (Fsp3) is 1.00. The third kappa shape index (κ3) is 8.32. The molecule has 1 N–H and O–H groups in total. The van der Waals surface area contributed by atoms with Gasteiger partial charge in [-0.05, 0) is 26.7 Å². The second-order valence-corrected chi connectivity index (χ2v) is 5.20. The molecule has 4 heteroatoms. The van der Waals surface area contributed by atoms with Gasteiger partial charge in [-0.15, -0.1) is 23.2 Å². The largest absolute Gasteiger partial charge is 0.379 e. The highest BCUT2D eigenvalue weighted by Gasteiger charge is 2.17. The van der Waals surface area contributed by atoms with Crippen LogP contribution in [0.2, 0.25) is 0 Å². The molecule has 0 aromatic rings. The van der Waals surface area contributed by atoms with Gasteiger partial charge in [-0.2, -0.15) is 0 Å². The van der Waals surface area contributed by atoms with Gasteiger partial charge in [0.1, 0.15) is 0 Å². The number of methoxy groups -OCH3 is 1. The monoisotopic (exact) mass is 256 g/mol. The Morgan fingerprint density at radius 2 is 1.60 bits per heavy atom. The lowest BCUT2D eigenvalue weighted by Gasteiger charge is -2.24. The van der Waals surface area contributed by atoms with Crippen LogP contribution in [0, 0.1) is 0 Å². The third-order valence-electron chi connectivity index (χ3n) is 2.76. The molecule has 0 radical (unpaired) electrons. The molecule has 0 aromatic heterocycles. The van der Waals surface area contributed by atoms with Crippen LogP contribution in [-0.2, 0) is 4.74 Å². The molecular weight excluding hydrogens is 233 g/mol. The van der Waals surface area contributed by atoms with Crippen molar-refractivity contribution in [3.8, 4) is 0 Å². The number of nitrogens with one attached hydrogen (secondary N) is 1. The molecule has 0 saturated carbocycles. The van der Waals surface area contributed by atoms with Crippen molar-refractivity contribution in [3.05, 3.63) is 0 Å². The lowest BCUT2D eigenvalue weighted by molar-refractivity contribution is -0.895. The number of hydrogen-bond acceptors (Lipinski definition) is 1. The Kier molecular flexibility index (Phi) is 8.92. The molecule has 0 aromatic carbocycles. The molecular formula is C11H24Cl2NO+. The van der Waals surface area contributed by atoms with Crippen molar-refractivity contribution < 1.29 is 9.64 Å². The predicted molar refractivity (Wildman–Crippen MR) is 67.3 cm³/mol. The standard InChI is InChI=1S/C11H23Cl2NO/c1-11(2,15-3)5-4-8-14(9-6-12)10-7-13/h4-10H2,1-3H3/p+1. The summed E-state index contributed by atoms with van der Waals surface area (Å²) in [5, 5.41) is 0. The quantitative estimate of drug-likeness (QED) is 0.619. The number of rotatable bonds is 9. The molecule has 0 aliphatic rings. The summed E-state index contributed by atoms with van der Waals surface area (Å²) in [6.45, 7) is 7.38. The van der Waals surface area contributed by atoms with E-state index in [2.05, 4.69) is 13.8 Å². The minimum atomic E-state index is -0.00691. The minimum Gasteiger partial charge on any atom is -0.379 e. The second-order valence-electron chi connectivity index (χ2n) is 4.45.